The number of benzene rings is 2. The summed E-state index contributed by atoms with van der Waals surface area (Å²) in [6.45, 7) is 0.113. The maximum Gasteiger partial charge on any atom is 0.337 e. The highest BCUT2D eigenvalue weighted by Crippen LogP contribution is 2.31. The van der Waals surface area contributed by atoms with Crippen molar-refractivity contribution in [3.63, 3.8) is 0 Å². The van der Waals surface area contributed by atoms with E-state index in [-0.39, 0.29) is 29.1 Å². The van der Waals surface area contributed by atoms with Gasteiger partial charge in [0.15, 0.2) is 0 Å². The molecule has 1 saturated heterocycles. The van der Waals surface area contributed by atoms with Gasteiger partial charge in [0, 0.05) is 6.54 Å². The third-order valence-electron chi connectivity index (χ3n) is 6.41. The van der Waals surface area contributed by atoms with E-state index >= 15 is 0 Å². The van der Waals surface area contributed by atoms with Gasteiger partial charge in [0.1, 0.15) is 6.04 Å². The van der Waals surface area contributed by atoms with Gasteiger partial charge in [0.05, 0.1) is 29.7 Å². The fraction of sp³-hybridized carbons (Fsp3) is 0.346. The monoisotopic (exact) mass is 496 g/mol. The summed E-state index contributed by atoms with van der Waals surface area (Å²) in [4.78, 5) is 39.2. The Labute approximate surface area is 205 Å². The molecule has 8 nitrogen and oxygen atoms in total. The van der Waals surface area contributed by atoms with Gasteiger partial charge in [-0.2, -0.15) is 4.31 Å². The number of ether oxygens (including phenoxy) is 1. The Morgan fingerprint density at radius 1 is 1.06 bits per heavy atom. The van der Waals surface area contributed by atoms with Gasteiger partial charge in [-0.05, 0) is 68.5 Å². The summed E-state index contributed by atoms with van der Waals surface area (Å²) in [5.41, 5.74) is 1.74. The fourth-order valence-electron chi connectivity index (χ4n) is 4.53. The predicted octanol–water partition coefficient (Wildman–Crippen LogP) is 3.69. The molecule has 2 aromatic rings. The Hall–Kier alpha value is -3.30. The first-order valence-corrected chi connectivity index (χ1v) is 13.1. The van der Waals surface area contributed by atoms with Crippen molar-refractivity contribution in [1.29, 1.82) is 0 Å². The first kappa shape index (κ1) is 24.8. The van der Waals surface area contributed by atoms with Crippen molar-refractivity contribution in [3.8, 4) is 0 Å². The summed E-state index contributed by atoms with van der Waals surface area (Å²) >= 11 is 0. The van der Waals surface area contributed by atoms with E-state index in [1.807, 2.05) is 0 Å². The molecule has 0 N–H and O–H groups in total. The normalized spacial score (nSPS) is 18.6. The highest BCUT2D eigenvalue weighted by atomic mass is 32.2. The summed E-state index contributed by atoms with van der Waals surface area (Å²) < 4.78 is 33.1. The second-order valence-corrected chi connectivity index (χ2v) is 10.5. The van der Waals surface area contributed by atoms with Gasteiger partial charge in [0.25, 0.3) is 5.91 Å². The number of nitrogens with zero attached hydrogens (tertiary/aromatic N) is 2. The summed E-state index contributed by atoms with van der Waals surface area (Å²) in [7, 11) is -2.76. The zero-order chi connectivity index (χ0) is 25.0. The molecule has 0 radical (unpaired) electrons. The van der Waals surface area contributed by atoms with Crippen LogP contribution in [-0.2, 0) is 24.3 Å². The Kier molecular flexibility index (Phi) is 7.47. The second kappa shape index (κ2) is 10.5. The van der Waals surface area contributed by atoms with Crippen LogP contribution in [0.2, 0.25) is 0 Å². The molecule has 0 saturated carbocycles. The number of allylic oxidation sites excluding steroid dienone is 1. The number of hydrogen-bond acceptors (Lipinski definition) is 6. The Morgan fingerprint density at radius 2 is 1.77 bits per heavy atom. The van der Waals surface area contributed by atoms with E-state index in [2.05, 4.69) is 10.8 Å². The van der Waals surface area contributed by atoms with Crippen LogP contribution < -0.4 is 4.90 Å². The van der Waals surface area contributed by atoms with Crippen molar-refractivity contribution in [2.75, 3.05) is 18.6 Å². The maximum atomic E-state index is 13.6. The van der Waals surface area contributed by atoms with E-state index in [0.29, 0.717) is 6.42 Å². The van der Waals surface area contributed by atoms with Gasteiger partial charge in [-0.25, -0.2) is 18.1 Å². The number of rotatable bonds is 8. The number of carbonyl (C=O) groups excluding carboxylic acids is 3. The molecule has 2 amide bonds. The van der Waals surface area contributed by atoms with Gasteiger partial charge in [-0.15, -0.1) is 0 Å². The van der Waals surface area contributed by atoms with Crippen LogP contribution in [0.3, 0.4) is 0 Å². The molecule has 0 bridgehead atoms. The molecule has 0 aromatic heterocycles. The van der Waals surface area contributed by atoms with Crippen LogP contribution in [0.25, 0.3) is 0 Å². The van der Waals surface area contributed by atoms with Gasteiger partial charge < -0.3 is 4.74 Å². The van der Waals surface area contributed by atoms with Gasteiger partial charge in [-0.1, -0.05) is 29.8 Å². The predicted molar refractivity (Wildman–Crippen MR) is 130 cm³/mol. The smallest absolute Gasteiger partial charge is 0.337 e. The number of carbonyl (C=O) groups is 3. The molecule has 9 heteroatoms. The number of amides is 2. The topological polar surface area (TPSA) is 101 Å². The lowest BCUT2D eigenvalue weighted by Crippen LogP contribution is -2.46. The zero-order valence-electron chi connectivity index (χ0n) is 19.6. The van der Waals surface area contributed by atoms with Crippen molar-refractivity contribution in [2.45, 2.75) is 49.5 Å². The van der Waals surface area contributed by atoms with Crippen LogP contribution in [0.1, 0.15) is 48.9 Å². The van der Waals surface area contributed by atoms with E-state index < -0.39 is 33.8 Å². The minimum Gasteiger partial charge on any atom is -0.465 e. The fourth-order valence-corrected chi connectivity index (χ4v) is 6.14. The van der Waals surface area contributed by atoms with Crippen LogP contribution >= 0.6 is 0 Å². The molecule has 1 atom stereocenters. The summed E-state index contributed by atoms with van der Waals surface area (Å²) in [5, 5.41) is 0. The van der Waals surface area contributed by atoms with Gasteiger partial charge in [0.2, 0.25) is 15.9 Å². The molecule has 1 aliphatic carbocycles. The van der Waals surface area contributed by atoms with Gasteiger partial charge in [-0.3, -0.25) is 9.59 Å². The molecule has 0 spiro atoms. The molecule has 4 rings (SSSR count). The van der Waals surface area contributed by atoms with Crippen molar-refractivity contribution >= 4 is 33.5 Å². The standard InChI is InChI=1S/C26H28N2O6S/c1-34-26(31)20-12-14-21(15-13-20)28-24(29)18-23(25(28)30)27(17-16-19-8-4-2-5-9-19)35(32,33)22-10-6-3-7-11-22/h3,6-8,10-15,23H,2,4-5,9,16-18H2,1H3. The van der Waals surface area contributed by atoms with Crippen molar-refractivity contribution in [1.82, 2.24) is 4.31 Å². The lowest BCUT2D eigenvalue weighted by molar-refractivity contribution is -0.122. The van der Waals surface area contributed by atoms with Crippen LogP contribution in [0.5, 0.6) is 0 Å². The largest absolute Gasteiger partial charge is 0.465 e. The van der Waals surface area contributed by atoms with Crippen molar-refractivity contribution < 1.29 is 27.5 Å². The SMILES string of the molecule is COC(=O)c1ccc(N2C(=O)CC(N(CCC3=CCCCC3)S(=O)(=O)c3ccccc3)C2=O)cc1. The van der Waals surface area contributed by atoms with Gasteiger partial charge >= 0.3 is 5.97 Å². The highest BCUT2D eigenvalue weighted by Gasteiger charge is 2.46. The molecule has 184 valence electrons. The van der Waals surface area contributed by atoms with Crippen LogP contribution in [0.15, 0.2) is 71.1 Å². The molecule has 1 aliphatic heterocycles. The molecule has 35 heavy (non-hydrogen) atoms. The summed E-state index contributed by atoms with van der Waals surface area (Å²) in [6, 6.07) is 12.7. The maximum absolute atomic E-state index is 13.6. The van der Waals surface area contributed by atoms with E-state index in [1.54, 1.807) is 18.2 Å². The Bertz CT molecular complexity index is 1240. The minimum atomic E-state index is -4.02. The number of esters is 1. The quantitative estimate of drug-likeness (QED) is 0.314. The molecule has 2 aliphatic rings. The molecule has 1 fully saturated rings. The average molecular weight is 497 g/mol. The van der Waals surface area contributed by atoms with Crippen LogP contribution in [0.4, 0.5) is 5.69 Å². The number of methoxy groups -OCH3 is 1. The minimum absolute atomic E-state index is 0.0822. The first-order chi connectivity index (χ1) is 16.8. The molecule has 1 unspecified atom stereocenters. The first-order valence-electron chi connectivity index (χ1n) is 11.6. The second-order valence-electron chi connectivity index (χ2n) is 8.61. The van der Waals surface area contributed by atoms with E-state index in [4.69, 9.17) is 0 Å². The number of sulfonamides is 1. The summed E-state index contributed by atoms with van der Waals surface area (Å²) in [6.07, 6.45) is 6.48. The number of anilines is 1. The lowest BCUT2D eigenvalue weighted by Gasteiger charge is -2.27. The Morgan fingerprint density at radius 3 is 2.40 bits per heavy atom. The lowest BCUT2D eigenvalue weighted by atomic mass is 9.97. The Balaban J connectivity index is 1.63. The third kappa shape index (κ3) is 5.21. The van der Waals surface area contributed by atoms with E-state index in [1.165, 1.54) is 53.4 Å². The van der Waals surface area contributed by atoms with Crippen molar-refractivity contribution in [2.24, 2.45) is 0 Å². The highest BCUT2D eigenvalue weighted by molar-refractivity contribution is 7.89. The summed E-state index contributed by atoms with van der Waals surface area (Å²) in [5.74, 6) is -1.63. The number of imide groups is 1. The van der Waals surface area contributed by atoms with E-state index in [0.717, 1.165) is 30.6 Å². The average Bonchev–Trinajstić information content (AvgIpc) is 3.18. The van der Waals surface area contributed by atoms with Crippen molar-refractivity contribution in [3.05, 3.63) is 71.8 Å². The third-order valence-corrected chi connectivity index (χ3v) is 8.33. The van der Waals surface area contributed by atoms with Crippen LogP contribution in [-0.4, -0.2) is 50.2 Å². The number of hydrogen-bond donors (Lipinski definition) is 0. The molecule has 1 heterocycles. The zero-order valence-corrected chi connectivity index (χ0v) is 20.4. The van der Waals surface area contributed by atoms with E-state index in [9.17, 15) is 22.8 Å². The molecular weight excluding hydrogens is 468 g/mol. The molecular formula is C26H28N2O6S. The molecule has 2 aromatic carbocycles. The van der Waals surface area contributed by atoms with Crippen LogP contribution in [0, 0.1) is 0 Å².